The number of ether oxygens (including phenoxy) is 1. The van der Waals surface area contributed by atoms with Crippen molar-refractivity contribution >= 4 is 40.1 Å². The molecule has 0 spiro atoms. The second-order valence-corrected chi connectivity index (χ2v) is 6.84. The molecule has 1 aliphatic rings. The maximum absolute atomic E-state index is 13.1. The summed E-state index contributed by atoms with van der Waals surface area (Å²) in [6.45, 7) is 2.04. The Morgan fingerprint density at radius 1 is 1.29 bits per heavy atom. The number of aliphatic imine (C=N–C) groups is 1. The molecule has 0 saturated heterocycles. The topological polar surface area (TPSA) is 41.9 Å². The normalized spacial score (nSPS) is 16.6. The van der Waals surface area contributed by atoms with Gasteiger partial charge in [-0.1, -0.05) is 29.4 Å². The number of nitrogens with zero attached hydrogens (tertiary/aromatic N) is 2. The first-order chi connectivity index (χ1) is 11.6. The lowest BCUT2D eigenvalue weighted by Gasteiger charge is -2.22. The van der Waals surface area contributed by atoms with E-state index in [1.807, 2.05) is 25.1 Å². The van der Waals surface area contributed by atoms with Gasteiger partial charge in [-0.3, -0.25) is 14.7 Å². The number of hydrogen-bond donors (Lipinski definition) is 0. The number of carbonyl (C=O) groups is 1. The van der Waals surface area contributed by atoms with E-state index in [9.17, 15) is 4.79 Å². The Bertz CT molecular complexity index is 777. The Morgan fingerprint density at radius 3 is 2.67 bits per heavy atom. The maximum atomic E-state index is 13.1. The number of hydrogen-bond acceptors (Lipinski definition) is 4. The van der Waals surface area contributed by atoms with Crippen molar-refractivity contribution in [3.05, 3.63) is 59.1 Å². The standard InChI is InChI=1S/C18H17ClN2O2S/c1-12-11-24-18(20-12)21(15-8-6-14(19)7-9-15)17(22)13-4-3-5-16(10-13)23-2/h3-10,12H,11H2,1-2H3/t12-/m1/s1. The molecule has 0 bridgehead atoms. The monoisotopic (exact) mass is 360 g/mol. The number of methoxy groups -OCH3 is 1. The van der Waals surface area contributed by atoms with Gasteiger partial charge in [0, 0.05) is 16.3 Å². The zero-order valence-corrected chi connectivity index (χ0v) is 15.0. The highest BCUT2D eigenvalue weighted by molar-refractivity contribution is 8.14. The zero-order chi connectivity index (χ0) is 17.1. The van der Waals surface area contributed by atoms with Gasteiger partial charge in [-0.05, 0) is 49.4 Å². The number of carbonyl (C=O) groups excluding carboxylic acids is 1. The van der Waals surface area contributed by atoms with Crippen LogP contribution >= 0.6 is 23.4 Å². The molecule has 1 heterocycles. The molecule has 0 aromatic heterocycles. The van der Waals surface area contributed by atoms with E-state index in [1.54, 1.807) is 54.1 Å². The molecular weight excluding hydrogens is 344 g/mol. The minimum atomic E-state index is -0.142. The molecule has 1 atom stereocenters. The van der Waals surface area contributed by atoms with Crippen LogP contribution in [0.4, 0.5) is 5.69 Å². The van der Waals surface area contributed by atoms with Crippen LogP contribution in [0.15, 0.2) is 53.5 Å². The second-order valence-electron chi connectivity index (χ2n) is 5.42. The van der Waals surface area contributed by atoms with Crippen molar-refractivity contribution < 1.29 is 9.53 Å². The molecule has 3 rings (SSSR count). The smallest absolute Gasteiger partial charge is 0.264 e. The van der Waals surface area contributed by atoms with Crippen LogP contribution in [-0.4, -0.2) is 30.0 Å². The van der Waals surface area contributed by atoms with Crippen molar-refractivity contribution in [2.75, 3.05) is 17.8 Å². The van der Waals surface area contributed by atoms with Crippen molar-refractivity contribution in [1.29, 1.82) is 0 Å². The molecule has 2 aromatic rings. The van der Waals surface area contributed by atoms with Gasteiger partial charge in [-0.25, -0.2) is 0 Å². The molecule has 0 N–H and O–H groups in total. The molecule has 24 heavy (non-hydrogen) atoms. The molecule has 4 nitrogen and oxygen atoms in total. The van der Waals surface area contributed by atoms with Crippen molar-refractivity contribution in [3.8, 4) is 5.75 Å². The molecule has 2 aromatic carbocycles. The lowest BCUT2D eigenvalue weighted by Crippen LogP contribution is -2.34. The number of amidine groups is 1. The molecule has 0 unspecified atom stereocenters. The third-order valence-corrected chi connectivity index (χ3v) is 5.03. The van der Waals surface area contributed by atoms with Crippen LogP contribution in [-0.2, 0) is 0 Å². The SMILES string of the molecule is COc1cccc(C(=O)N(C2=N[C@H](C)CS2)c2ccc(Cl)cc2)c1. The number of benzene rings is 2. The van der Waals surface area contributed by atoms with Gasteiger partial charge < -0.3 is 4.74 Å². The average Bonchev–Trinajstić information content (AvgIpc) is 3.02. The summed E-state index contributed by atoms with van der Waals surface area (Å²) in [7, 11) is 1.58. The van der Waals surface area contributed by atoms with Crippen molar-refractivity contribution in [2.24, 2.45) is 4.99 Å². The van der Waals surface area contributed by atoms with Gasteiger partial charge >= 0.3 is 0 Å². The second kappa shape index (κ2) is 7.28. The van der Waals surface area contributed by atoms with Crippen LogP contribution in [0.2, 0.25) is 5.02 Å². The fraction of sp³-hybridized carbons (Fsp3) is 0.222. The summed E-state index contributed by atoms with van der Waals surface area (Å²) in [5.41, 5.74) is 1.29. The number of anilines is 1. The van der Waals surface area contributed by atoms with Crippen LogP contribution in [0.25, 0.3) is 0 Å². The van der Waals surface area contributed by atoms with E-state index in [-0.39, 0.29) is 11.9 Å². The van der Waals surface area contributed by atoms with Gasteiger partial charge in [-0.15, -0.1) is 0 Å². The Balaban J connectivity index is 2.02. The molecule has 6 heteroatoms. The molecule has 0 aliphatic carbocycles. The molecule has 0 fully saturated rings. The predicted octanol–water partition coefficient (Wildman–Crippen LogP) is 4.49. The largest absolute Gasteiger partial charge is 0.497 e. The van der Waals surface area contributed by atoms with Crippen LogP contribution in [0.3, 0.4) is 0 Å². The summed E-state index contributed by atoms with van der Waals surface area (Å²) in [5.74, 6) is 1.37. The average molecular weight is 361 g/mol. The fourth-order valence-corrected chi connectivity index (χ4v) is 3.53. The van der Waals surface area contributed by atoms with E-state index in [0.717, 1.165) is 11.4 Å². The maximum Gasteiger partial charge on any atom is 0.264 e. The predicted molar refractivity (Wildman–Crippen MR) is 101 cm³/mol. The third kappa shape index (κ3) is 3.57. The molecule has 124 valence electrons. The number of rotatable bonds is 3. The number of halogens is 1. The van der Waals surface area contributed by atoms with E-state index in [1.165, 1.54) is 0 Å². The van der Waals surface area contributed by atoms with Crippen LogP contribution in [0.1, 0.15) is 17.3 Å². The Labute approximate surface area is 150 Å². The molecular formula is C18H17ClN2O2S. The van der Waals surface area contributed by atoms with E-state index in [4.69, 9.17) is 16.3 Å². The molecule has 1 amide bonds. The highest BCUT2D eigenvalue weighted by Gasteiger charge is 2.27. The van der Waals surface area contributed by atoms with Gasteiger partial charge in [0.25, 0.3) is 5.91 Å². The summed E-state index contributed by atoms with van der Waals surface area (Å²) < 4.78 is 5.23. The molecule has 0 saturated carbocycles. The number of amides is 1. The lowest BCUT2D eigenvalue weighted by atomic mass is 10.1. The first kappa shape index (κ1) is 16.9. The summed E-state index contributed by atoms with van der Waals surface area (Å²) in [4.78, 5) is 19.4. The van der Waals surface area contributed by atoms with Gasteiger partial charge in [0.2, 0.25) is 0 Å². The van der Waals surface area contributed by atoms with E-state index >= 15 is 0 Å². The molecule has 0 radical (unpaired) electrons. The van der Waals surface area contributed by atoms with Crippen LogP contribution in [0, 0.1) is 0 Å². The van der Waals surface area contributed by atoms with Crippen LogP contribution < -0.4 is 9.64 Å². The van der Waals surface area contributed by atoms with Gasteiger partial charge in [0.15, 0.2) is 5.17 Å². The van der Waals surface area contributed by atoms with E-state index in [0.29, 0.717) is 21.5 Å². The van der Waals surface area contributed by atoms with Gasteiger partial charge in [-0.2, -0.15) is 0 Å². The first-order valence-corrected chi connectivity index (χ1v) is 8.89. The zero-order valence-electron chi connectivity index (χ0n) is 13.4. The van der Waals surface area contributed by atoms with Crippen molar-refractivity contribution in [3.63, 3.8) is 0 Å². The summed E-state index contributed by atoms with van der Waals surface area (Å²) in [6, 6.07) is 14.5. The Morgan fingerprint density at radius 2 is 2.04 bits per heavy atom. The van der Waals surface area contributed by atoms with Crippen LogP contribution in [0.5, 0.6) is 5.75 Å². The summed E-state index contributed by atoms with van der Waals surface area (Å²) in [6.07, 6.45) is 0. The highest BCUT2D eigenvalue weighted by atomic mass is 35.5. The minimum absolute atomic E-state index is 0.142. The highest BCUT2D eigenvalue weighted by Crippen LogP contribution is 2.28. The van der Waals surface area contributed by atoms with E-state index in [2.05, 4.69) is 4.99 Å². The van der Waals surface area contributed by atoms with Crippen molar-refractivity contribution in [1.82, 2.24) is 0 Å². The third-order valence-electron chi connectivity index (χ3n) is 3.58. The summed E-state index contributed by atoms with van der Waals surface area (Å²) >= 11 is 7.56. The first-order valence-electron chi connectivity index (χ1n) is 7.53. The lowest BCUT2D eigenvalue weighted by molar-refractivity contribution is 0.100. The molecule has 1 aliphatic heterocycles. The Hall–Kier alpha value is -1.98. The minimum Gasteiger partial charge on any atom is -0.497 e. The summed E-state index contributed by atoms with van der Waals surface area (Å²) in [5, 5.41) is 1.33. The quantitative estimate of drug-likeness (QED) is 0.810. The Kier molecular flexibility index (Phi) is 5.11. The van der Waals surface area contributed by atoms with Gasteiger partial charge in [0.05, 0.1) is 18.8 Å². The van der Waals surface area contributed by atoms with Gasteiger partial charge in [0.1, 0.15) is 5.75 Å². The number of thioether (sulfide) groups is 1. The van der Waals surface area contributed by atoms with Crippen molar-refractivity contribution in [2.45, 2.75) is 13.0 Å². The van der Waals surface area contributed by atoms with E-state index < -0.39 is 0 Å². The fourth-order valence-electron chi connectivity index (χ4n) is 2.37.